The van der Waals surface area contributed by atoms with Crippen LogP contribution in [0.4, 0.5) is 5.69 Å². The molecule has 1 aromatic heterocycles. The van der Waals surface area contributed by atoms with E-state index in [1.165, 1.54) is 18.2 Å². The maximum atomic E-state index is 11.2. The molecule has 0 saturated heterocycles. The number of hydrogen-bond acceptors (Lipinski definition) is 3. The highest BCUT2D eigenvalue weighted by atomic mass is 35.5. The van der Waals surface area contributed by atoms with Crippen molar-refractivity contribution in [3.63, 3.8) is 0 Å². The van der Waals surface area contributed by atoms with Crippen LogP contribution in [0.2, 0.25) is 5.02 Å². The fourth-order valence-electron chi connectivity index (χ4n) is 3.21. The van der Waals surface area contributed by atoms with Gasteiger partial charge >= 0.3 is 11.9 Å². The molecule has 6 nitrogen and oxygen atoms in total. The second kappa shape index (κ2) is 7.93. The Bertz CT molecular complexity index is 1160. The molecule has 29 heavy (non-hydrogen) atoms. The van der Waals surface area contributed by atoms with Gasteiger partial charge in [-0.1, -0.05) is 11.6 Å². The van der Waals surface area contributed by atoms with Crippen LogP contribution in [-0.4, -0.2) is 32.9 Å². The zero-order chi connectivity index (χ0) is 21.3. The van der Waals surface area contributed by atoms with Gasteiger partial charge in [-0.15, -0.1) is 0 Å². The third-order valence-electron chi connectivity index (χ3n) is 4.69. The maximum Gasteiger partial charge on any atom is 0.335 e. The summed E-state index contributed by atoms with van der Waals surface area (Å²) in [6.07, 6.45) is 1.65. The molecule has 3 rings (SSSR count). The average molecular weight is 411 g/mol. The van der Waals surface area contributed by atoms with E-state index < -0.39 is 11.9 Å². The molecule has 0 bridgehead atoms. The lowest BCUT2D eigenvalue weighted by Gasteiger charge is -2.13. The van der Waals surface area contributed by atoms with Crippen molar-refractivity contribution >= 4 is 35.4 Å². The molecule has 0 radical (unpaired) electrons. The van der Waals surface area contributed by atoms with Crippen molar-refractivity contribution < 1.29 is 19.8 Å². The Morgan fingerprint density at radius 1 is 0.966 bits per heavy atom. The van der Waals surface area contributed by atoms with Gasteiger partial charge in [0, 0.05) is 28.9 Å². The van der Waals surface area contributed by atoms with Crippen molar-refractivity contribution in [3.8, 4) is 5.69 Å². The molecule has 1 heterocycles. The van der Waals surface area contributed by atoms with E-state index in [2.05, 4.69) is 4.99 Å². The number of nitrogens with zero attached hydrogens (tertiary/aromatic N) is 2. The van der Waals surface area contributed by atoms with E-state index in [1.807, 2.05) is 31.4 Å². The molecule has 148 valence electrons. The summed E-state index contributed by atoms with van der Waals surface area (Å²) < 4.78 is 2.03. The Kier molecular flexibility index (Phi) is 5.57. The van der Waals surface area contributed by atoms with Gasteiger partial charge in [0.2, 0.25) is 0 Å². The van der Waals surface area contributed by atoms with Crippen LogP contribution in [0, 0.1) is 20.8 Å². The van der Waals surface area contributed by atoms with E-state index in [0.29, 0.717) is 10.7 Å². The largest absolute Gasteiger partial charge is 0.478 e. The number of carboxylic acid groups (broad SMARTS) is 2. The highest BCUT2D eigenvalue weighted by Crippen LogP contribution is 2.27. The van der Waals surface area contributed by atoms with Crippen molar-refractivity contribution in [3.05, 3.63) is 81.1 Å². The number of carboxylic acids is 2. The van der Waals surface area contributed by atoms with Crippen LogP contribution in [0.15, 0.2) is 47.5 Å². The molecule has 0 aliphatic heterocycles. The quantitative estimate of drug-likeness (QED) is 0.565. The highest BCUT2D eigenvalue weighted by Gasteiger charge is 2.13. The number of rotatable bonds is 5. The van der Waals surface area contributed by atoms with Crippen LogP contribution in [-0.2, 0) is 0 Å². The number of aryl methyl sites for hydroxylation is 2. The molecule has 2 aromatic carbocycles. The van der Waals surface area contributed by atoms with Gasteiger partial charge in [-0.3, -0.25) is 4.99 Å². The number of hydrogen-bond donors (Lipinski definition) is 2. The number of benzene rings is 2. The summed E-state index contributed by atoms with van der Waals surface area (Å²) in [6, 6.07) is 11.3. The second-order valence-corrected chi connectivity index (χ2v) is 7.11. The lowest BCUT2D eigenvalue weighted by atomic mass is 10.1. The minimum absolute atomic E-state index is 0.112. The first kappa shape index (κ1) is 20.4. The van der Waals surface area contributed by atoms with Crippen LogP contribution in [0.3, 0.4) is 0 Å². The molecular formula is C22H19ClN2O4. The van der Waals surface area contributed by atoms with Gasteiger partial charge in [-0.25, -0.2) is 9.59 Å². The van der Waals surface area contributed by atoms with Crippen molar-refractivity contribution in [1.29, 1.82) is 0 Å². The van der Waals surface area contributed by atoms with Crippen LogP contribution < -0.4 is 0 Å². The fraction of sp³-hybridized carbons (Fsp3) is 0.136. The number of carbonyl (C=O) groups is 2. The highest BCUT2D eigenvalue weighted by molar-refractivity contribution is 6.33. The van der Waals surface area contributed by atoms with Gasteiger partial charge in [0.15, 0.2) is 0 Å². The number of halogens is 1. The van der Waals surface area contributed by atoms with E-state index in [1.54, 1.807) is 24.4 Å². The van der Waals surface area contributed by atoms with E-state index in [0.717, 1.165) is 28.2 Å². The summed E-state index contributed by atoms with van der Waals surface area (Å²) in [4.78, 5) is 26.7. The van der Waals surface area contributed by atoms with Gasteiger partial charge in [-0.05, 0) is 68.8 Å². The first-order valence-corrected chi connectivity index (χ1v) is 9.17. The number of aliphatic imine (C=N–C) groups is 1. The van der Waals surface area contributed by atoms with E-state index in [4.69, 9.17) is 21.8 Å². The molecule has 0 aliphatic carbocycles. The molecule has 0 spiro atoms. The zero-order valence-electron chi connectivity index (χ0n) is 16.1. The third-order valence-corrected chi connectivity index (χ3v) is 5.01. The topological polar surface area (TPSA) is 91.9 Å². The summed E-state index contributed by atoms with van der Waals surface area (Å²) in [6.45, 7) is 5.76. The van der Waals surface area contributed by atoms with Gasteiger partial charge in [0.1, 0.15) is 0 Å². The standard InChI is InChI=1S/C22H19ClN2O4/c1-12-8-15(21(26)27)5-7-20(12)25-13(2)9-17(14(25)3)11-24-19-10-16(22(28)29)4-6-18(19)23/h4-11H,1-3H3,(H,26,27)(H,28,29). The van der Waals surface area contributed by atoms with E-state index in [-0.39, 0.29) is 11.1 Å². The van der Waals surface area contributed by atoms with Crippen LogP contribution >= 0.6 is 11.6 Å². The first-order valence-electron chi connectivity index (χ1n) is 8.79. The van der Waals surface area contributed by atoms with Crippen LogP contribution in [0.1, 0.15) is 43.2 Å². The van der Waals surface area contributed by atoms with Crippen molar-refractivity contribution in [2.45, 2.75) is 20.8 Å². The summed E-state index contributed by atoms with van der Waals surface area (Å²) >= 11 is 6.14. The summed E-state index contributed by atoms with van der Waals surface area (Å²) in [5.74, 6) is -2.01. The molecule has 0 aliphatic rings. The smallest absolute Gasteiger partial charge is 0.335 e. The summed E-state index contributed by atoms with van der Waals surface area (Å²) in [7, 11) is 0. The Morgan fingerprint density at radius 2 is 1.59 bits per heavy atom. The van der Waals surface area contributed by atoms with Crippen molar-refractivity contribution in [1.82, 2.24) is 4.57 Å². The number of aromatic carboxylic acids is 2. The maximum absolute atomic E-state index is 11.2. The molecule has 3 aromatic rings. The molecule has 0 unspecified atom stereocenters. The predicted molar refractivity (Wildman–Crippen MR) is 113 cm³/mol. The Hall–Kier alpha value is -3.38. The summed E-state index contributed by atoms with van der Waals surface area (Å²) in [5, 5.41) is 18.7. The van der Waals surface area contributed by atoms with E-state index in [9.17, 15) is 9.59 Å². The Labute approximate surface area is 172 Å². The lowest BCUT2D eigenvalue weighted by molar-refractivity contribution is 0.0686. The minimum atomic E-state index is -1.04. The van der Waals surface area contributed by atoms with Crippen LogP contribution in [0.5, 0.6) is 0 Å². The van der Waals surface area contributed by atoms with Gasteiger partial charge in [0.05, 0.1) is 21.8 Å². The molecule has 0 fully saturated rings. The van der Waals surface area contributed by atoms with Gasteiger partial charge in [-0.2, -0.15) is 0 Å². The van der Waals surface area contributed by atoms with Gasteiger partial charge in [0.25, 0.3) is 0 Å². The normalized spacial score (nSPS) is 11.2. The SMILES string of the molecule is Cc1cc(C(=O)O)ccc1-n1c(C)cc(C=Nc2cc(C(=O)O)ccc2Cl)c1C. The third kappa shape index (κ3) is 4.07. The molecule has 0 amide bonds. The minimum Gasteiger partial charge on any atom is -0.478 e. The molecule has 2 N–H and O–H groups in total. The monoisotopic (exact) mass is 410 g/mol. The molecule has 7 heteroatoms. The second-order valence-electron chi connectivity index (χ2n) is 6.70. The molecular weight excluding hydrogens is 392 g/mol. The number of aromatic nitrogens is 1. The summed E-state index contributed by atoms with van der Waals surface area (Å²) in [5.41, 5.74) is 5.18. The van der Waals surface area contributed by atoms with Crippen molar-refractivity contribution in [2.24, 2.45) is 4.99 Å². The van der Waals surface area contributed by atoms with Crippen LogP contribution in [0.25, 0.3) is 5.69 Å². The predicted octanol–water partition coefficient (Wildman–Crippen LogP) is 5.20. The van der Waals surface area contributed by atoms with Gasteiger partial charge < -0.3 is 14.8 Å². The Balaban J connectivity index is 2.01. The average Bonchev–Trinajstić information content (AvgIpc) is 2.94. The van der Waals surface area contributed by atoms with Crippen molar-refractivity contribution in [2.75, 3.05) is 0 Å². The van der Waals surface area contributed by atoms with E-state index >= 15 is 0 Å². The fourth-order valence-corrected chi connectivity index (χ4v) is 3.38. The lowest BCUT2D eigenvalue weighted by Crippen LogP contribution is -2.04. The Morgan fingerprint density at radius 3 is 2.21 bits per heavy atom. The molecule has 0 atom stereocenters. The molecule has 0 saturated carbocycles. The first-order chi connectivity index (χ1) is 13.7. The zero-order valence-corrected chi connectivity index (χ0v) is 16.9.